The van der Waals surface area contributed by atoms with Gasteiger partial charge in [0, 0.05) is 6.07 Å². The Bertz CT molecular complexity index is 706. The monoisotopic (exact) mass is 398 g/mol. The summed E-state index contributed by atoms with van der Waals surface area (Å²) in [5.41, 5.74) is -2.64. The number of amides is 1. The molecule has 2 heterocycles. The maximum Gasteiger partial charge on any atom is 0.395 e. The van der Waals surface area contributed by atoms with Crippen LogP contribution in [0.2, 0.25) is 5.02 Å². The van der Waals surface area contributed by atoms with Gasteiger partial charge in [0.2, 0.25) is 0 Å². The van der Waals surface area contributed by atoms with E-state index in [4.69, 9.17) is 11.6 Å². The van der Waals surface area contributed by atoms with Crippen LogP contribution < -0.4 is 5.56 Å². The highest BCUT2D eigenvalue weighted by atomic mass is 79.9. The molecular formula is C13H11BrClF3N2O2. The van der Waals surface area contributed by atoms with Crippen molar-refractivity contribution in [1.82, 2.24) is 8.49 Å². The average Bonchev–Trinajstić information content (AvgIpc) is 2.66. The van der Waals surface area contributed by atoms with Crippen LogP contribution in [0.3, 0.4) is 0 Å². The van der Waals surface area contributed by atoms with E-state index in [0.717, 1.165) is 14.6 Å². The van der Waals surface area contributed by atoms with E-state index in [2.05, 4.69) is 16.1 Å². The van der Waals surface area contributed by atoms with Crippen molar-refractivity contribution >= 4 is 33.7 Å². The van der Waals surface area contributed by atoms with E-state index >= 15 is 0 Å². The van der Waals surface area contributed by atoms with Crippen LogP contribution in [0.5, 0.6) is 0 Å². The summed E-state index contributed by atoms with van der Waals surface area (Å²) in [6, 6.07) is 2.33. The van der Waals surface area contributed by atoms with E-state index in [1.807, 2.05) is 0 Å². The molecule has 1 aliphatic heterocycles. The smallest absolute Gasteiger partial charge is 0.277 e. The Hall–Kier alpha value is -1.02. The Morgan fingerprint density at radius 2 is 1.95 bits per heavy atom. The van der Waals surface area contributed by atoms with Crippen LogP contribution >= 0.6 is 27.7 Å². The fraction of sp³-hybridized carbons (Fsp3) is 0.538. The predicted octanol–water partition coefficient (Wildman–Crippen LogP) is 3.67. The first-order valence-corrected chi connectivity index (χ1v) is 7.79. The Morgan fingerprint density at radius 3 is 2.59 bits per heavy atom. The third-order valence-corrected chi connectivity index (χ3v) is 5.63. The predicted molar refractivity (Wildman–Crippen MR) is 76.8 cm³/mol. The van der Waals surface area contributed by atoms with Gasteiger partial charge < -0.3 is 0 Å². The molecule has 1 aliphatic carbocycles. The molecule has 120 valence electrons. The molecule has 0 radical (unpaired) electrons. The molecule has 0 saturated heterocycles. The molecule has 0 N–H and O–H groups in total. The number of hydrogen-bond acceptors (Lipinski definition) is 2. The number of pyridine rings is 1. The Kier molecular flexibility index (Phi) is 3.60. The lowest BCUT2D eigenvalue weighted by Crippen LogP contribution is -2.57. The molecule has 4 nitrogen and oxygen atoms in total. The molecular weight excluding hydrogens is 389 g/mol. The van der Waals surface area contributed by atoms with Gasteiger partial charge in [-0.2, -0.15) is 13.2 Å². The number of rotatable bonds is 0. The second kappa shape index (κ2) is 4.99. The van der Waals surface area contributed by atoms with E-state index in [1.165, 1.54) is 6.07 Å². The summed E-state index contributed by atoms with van der Waals surface area (Å²) in [7, 11) is 0. The molecule has 0 bridgehead atoms. The van der Waals surface area contributed by atoms with E-state index in [9.17, 15) is 22.8 Å². The van der Waals surface area contributed by atoms with Crippen molar-refractivity contribution in [1.29, 1.82) is 0 Å². The highest BCUT2D eigenvalue weighted by Gasteiger charge is 2.63. The second-order valence-electron chi connectivity index (χ2n) is 5.51. The zero-order chi connectivity index (χ0) is 16.3. The molecule has 1 aromatic heterocycles. The highest BCUT2D eigenvalue weighted by molar-refractivity contribution is 9.07. The number of carbonyl (C=O) groups is 1. The zero-order valence-corrected chi connectivity index (χ0v) is 13.5. The number of fused-ring (bicyclic) bond motifs is 2. The number of nitrogens with zero attached hydrogens (tertiary/aromatic N) is 2. The summed E-state index contributed by atoms with van der Waals surface area (Å²) in [6.07, 6.45) is -3.75. The van der Waals surface area contributed by atoms with Gasteiger partial charge >= 0.3 is 6.18 Å². The van der Waals surface area contributed by atoms with Crippen molar-refractivity contribution in [2.45, 2.75) is 37.5 Å². The fourth-order valence-electron chi connectivity index (χ4n) is 3.52. The Morgan fingerprint density at radius 1 is 1.27 bits per heavy atom. The maximum atomic E-state index is 13.6. The van der Waals surface area contributed by atoms with Crippen molar-refractivity contribution in [2.24, 2.45) is 5.92 Å². The number of hydrogen-bond donors (Lipinski definition) is 0. The van der Waals surface area contributed by atoms with Gasteiger partial charge in [-0.15, -0.1) is 0 Å². The first-order chi connectivity index (χ1) is 10.2. The van der Waals surface area contributed by atoms with E-state index in [-0.39, 0.29) is 23.6 Å². The lowest BCUT2D eigenvalue weighted by atomic mass is 9.78. The molecule has 9 heteroatoms. The molecule has 2 atom stereocenters. The molecule has 1 spiro atoms. The number of halogens is 5. The van der Waals surface area contributed by atoms with Crippen LogP contribution in [0.15, 0.2) is 16.9 Å². The summed E-state index contributed by atoms with van der Waals surface area (Å²) in [5.74, 6) is -2.55. The summed E-state index contributed by atoms with van der Waals surface area (Å²) >= 11 is 8.93. The summed E-state index contributed by atoms with van der Waals surface area (Å²) in [5, 5.41) is -0.0302. The van der Waals surface area contributed by atoms with Crippen LogP contribution in [-0.2, 0) is 5.66 Å². The van der Waals surface area contributed by atoms with Crippen LogP contribution in [0.1, 0.15) is 36.2 Å². The Balaban J connectivity index is 2.34. The second-order valence-corrected chi connectivity index (χ2v) is 6.62. The minimum atomic E-state index is -4.53. The molecule has 3 rings (SSSR count). The van der Waals surface area contributed by atoms with Gasteiger partial charge in [-0.1, -0.05) is 18.0 Å². The molecule has 1 fully saturated rings. The first kappa shape index (κ1) is 15.9. The van der Waals surface area contributed by atoms with Crippen molar-refractivity contribution in [3.63, 3.8) is 0 Å². The van der Waals surface area contributed by atoms with Crippen LogP contribution in [0.25, 0.3) is 0 Å². The van der Waals surface area contributed by atoms with Gasteiger partial charge in [0.25, 0.3) is 11.5 Å². The molecule has 1 aromatic rings. The van der Waals surface area contributed by atoms with Gasteiger partial charge in [-0.05, 0) is 25.3 Å². The summed E-state index contributed by atoms with van der Waals surface area (Å²) in [6.45, 7) is 0. The van der Waals surface area contributed by atoms with Crippen molar-refractivity contribution in [3.05, 3.63) is 33.2 Å². The molecule has 2 unspecified atom stereocenters. The third kappa shape index (κ3) is 1.96. The minimum Gasteiger partial charge on any atom is -0.277 e. The lowest BCUT2D eigenvalue weighted by molar-refractivity contribution is -0.224. The van der Waals surface area contributed by atoms with Gasteiger partial charge in [0.1, 0.15) is 11.4 Å². The van der Waals surface area contributed by atoms with E-state index < -0.39 is 29.2 Å². The quantitative estimate of drug-likeness (QED) is 0.625. The number of carbonyl (C=O) groups excluding carboxylic acids is 1. The van der Waals surface area contributed by atoms with Gasteiger partial charge in [-0.3, -0.25) is 14.2 Å². The summed E-state index contributed by atoms with van der Waals surface area (Å²) in [4.78, 5) is 24.6. The number of aromatic nitrogens is 1. The largest absolute Gasteiger partial charge is 0.395 e. The standard InChI is InChI=1S/C13H11BrClF3N2O2/c14-20-11(22)10-7(15)4-5-9(21)19(10)12(20)6-2-1-3-8(12)13(16,17)18/h4-5,8H,1-3,6H2. The number of alkyl halides is 3. The van der Waals surface area contributed by atoms with Crippen molar-refractivity contribution in [2.75, 3.05) is 0 Å². The summed E-state index contributed by atoms with van der Waals surface area (Å²) < 4.78 is 42.5. The molecule has 22 heavy (non-hydrogen) atoms. The normalized spacial score (nSPS) is 28.3. The Labute approximate surface area is 137 Å². The van der Waals surface area contributed by atoms with Gasteiger partial charge in [0.05, 0.1) is 27.1 Å². The molecule has 1 amide bonds. The van der Waals surface area contributed by atoms with Crippen molar-refractivity contribution < 1.29 is 18.0 Å². The SMILES string of the molecule is O=C1c2c(Cl)ccc(=O)n2C2(CCCCC2C(F)(F)F)N1Br. The minimum absolute atomic E-state index is 0.0302. The van der Waals surface area contributed by atoms with Crippen LogP contribution in [-0.4, -0.2) is 20.6 Å². The molecule has 2 aliphatic rings. The fourth-order valence-corrected chi connectivity index (χ4v) is 4.50. The van der Waals surface area contributed by atoms with Gasteiger partial charge in [0.15, 0.2) is 0 Å². The van der Waals surface area contributed by atoms with Crippen LogP contribution in [0.4, 0.5) is 13.2 Å². The topological polar surface area (TPSA) is 42.3 Å². The highest BCUT2D eigenvalue weighted by Crippen LogP contribution is 2.54. The van der Waals surface area contributed by atoms with Gasteiger partial charge in [-0.25, -0.2) is 3.93 Å². The van der Waals surface area contributed by atoms with Crippen LogP contribution in [0, 0.1) is 5.92 Å². The first-order valence-electron chi connectivity index (χ1n) is 6.70. The zero-order valence-electron chi connectivity index (χ0n) is 11.2. The lowest BCUT2D eigenvalue weighted by Gasteiger charge is -2.45. The van der Waals surface area contributed by atoms with E-state index in [0.29, 0.717) is 12.8 Å². The molecule has 0 aromatic carbocycles. The average molecular weight is 400 g/mol. The maximum absolute atomic E-state index is 13.6. The van der Waals surface area contributed by atoms with E-state index in [1.54, 1.807) is 0 Å². The van der Waals surface area contributed by atoms with Crippen molar-refractivity contribution in [3.8, 4) is 0 Å². The third-order valence-electron chi connectivity index (χ3n) is 4.39. The molecule has 1 saturated carbocycles.